The summed E-state index contributed by atoms with van der Waals surface area (Å²) in [5.74, 6) is -2.17. The summed E-state index contributed by atoms with van der Waals surface area (Å²) in [6.45, 7) is 2.81. The van der Waals surface area contributed by atoms with E-state index in [1.54, 1.807) is 11.8 Å². The number of anilines is 2. The fourth-order valence-electron chi connectivity index (χ4n) is 3.04. The Balaban J connectivity index is 1.94. The first-order chi connectivity index (χ1) is 16.9. The highest BCUT2D eigenvalue weighted by Gasteiger charge is 2.62. The summed E-state index contributed by atoms with van der Waals surface area (Å²) in [5.41, 5.74) is -5.59. The van der Waals surface area contributed by atoms with Gasteiger partial charge in [-0.1, -0.05) is 11.3 Å². The van der Waals surface area contributed by atoms with Gasteiger partial charge in [0.1, 0.15) is 5.69 Å². The molecule has 204 valence electrons. The molecule has 0 fully saturated rings. The molecule has 2 heterocycles. The number of benzene rings is 1. The van der Waals surface area contributed by atoms with Gasteiger partial charge >= 0.3 is 33.8 Å². The third-order valence-electron chi connectivity index (χ3n) is 4.73. The molecule has 10 nitrogen and oxygen atoms in total. The first-order valence-electron chi connectivity index (χ1n) is 9.89. The second-order valence-electron chi connectivity index (χ2n) is 7.23. The molecule has 37 heavy (non-hydrogen) atoms. The molecule has 20 heteroatoms. The lowest BCUT2D eigenvalue weighted by Gasteiger charge is -2.31. The van der Waals surface area contributed by atoms with E-state index in [1.807, 2.05) is 0 Å². The number of hydrogen-bond donors (Lipinski definition) is 1. The molecular weight excluding hydrogens is 568 g/mol. The SMILES string of the molecule is CCN1CCCc2cc(N=Nc3nnc(C(=O)OC(F)(F)C(F)(F)F)s3)c(NS(=O)(=O)C(F)(F)F)cc21. The monoisotopic (exact) mass is 582 g/mol. The highest BCUT2D eigenvalue weighted by Crippen LogP contribution is 2.40. The highest BCUT2D eigenvalue weighted by atomic mass is 32.2. The Morgan fingerprint density at radius 2 is 1.81 bits per heavy atom. The average molecular weight is 582 g/mol. The van der Waals surface area contributed by atoms with Crippen LogP contribution in [-0.4, -0.2) is 55.5 Å². The van der Waals surface area contributed by atoms with Crippen LogP contribution in [0, 0.1) is 0 Å². The summed E-state index contributed by atoms with van der Waals surface area (Å²) in [6, 6.07) is 2.41. The number of alkyl halides is 8. The van der Waals surface area contributed by atoms with Gasteiger partial charge in [-0.25, -0.2) is 4.79 Å². The van der Waals surface area contributed by atoms with Gasteiger partial charge in [0.25, 0.3) is 5.13 Å². The molecule has 1 aromatic heterocycles. The molecule has 0 saturated carbocycles. The van der Waals surface area contributed by atoms with Crippen molar-refractivity contribution in [2.45, 2.75) is 37.6 Å². The number of carbonyl (C=O) groups excluding carboxylic acids is 1. The lowest BCUT2D eigenvalue weighted by Crippen LogP contribution is -2.40. The van der Waals surface area contributed by atoms with Crippen molar-refractivity contribution in [3.63, 3.8) is 0 Å². The molecule has 1 aliphatic rings. The maximum absolute atomic E-state index is 13.0. The Bertz CT molecular complexity index is 1310. The smallest absolute Gasteiger partial charge is 0.388 e. The fraction of sp³-hybridized carbons (Fsp3) is 0.471. The molecule has 0 atom stereocenters. The Labute approximate surface area is 206 Å². The lowest BCUT2D eigenvalue weighted by atomic mass is 10.0. The van der Waals surface area contributed by atoms with Crippen molar-refractivity contribution in [2.75, 3.05) is 22.7 Å². The molecule has 0 amide bonds. The number of esters is 1. The van der Waals surface area contributed by atoms with Crippen molar-refractivity contribution in [1.29, 1.82) is 0 Å². The minimum Gasteiger partial charge on any atom is -0.388 e. The van der Waals surface area contributed by atoms with E-state index >= 15 is 0 Å². The summed E-state index contributed by atoms with van der Waals surface area (Å²) < 4.78 is 129. The molecule has 1 aliphatic heterocycles. The zero-order valence-corrected chi connectivity index (χ0v) is 19.8. The van der Waals surface area contributed by atoms with E-state index in [-0.39, 0.29) is 11.3 Å². The van der Waals surface area contributed by atoms with Crippen LogP contribution >= 0.6 is 11.3 Å². The van der Waals surface area contributed by atoms with Crippen molar-refractivity contribution in [3.05, 3.63) is 22.7 Å². The van der Waals surface area contributed by atoms with Crippen molar-refractivity contribution in [3.8, 4) is 0 Å². The van der Waals surface area contributed by atoms with Crippen LogP contribution in [0.15, 0.2) is 22.4 Å². The molecule has 0 unspecified atom stereocenters. The second-order valence-corrected chi connectivity index (χ2v) is 9.86. The minimum absolute atomic E-state index is 0.0829. The van der Waals surface area contributed by atoms with Gasteiger partial charge in [0.05, 0.1) is 5.69 Å². The van der Waals surface area contributed by atoms with E-state index in [0.717, 1.165) is 6.07 Å². The molecule has 0 bridgehead atoms. The van der Waals surface area contributed by atoms with E-state index in [2.05, 4.69) is 25.2 Å². The number of azo groups is 1. The predicted octanol–water partition coefficient (Wildman–Crippen LogP) is 5.30. The number of rotatable bonds is 7. The predicted molar refractivity (Wildman–Crippen MR) is 112 cm³/mol. The van der Waals surface area contributed by atoms with E-state index in [9.17, 15) is 48.3 Å². The normalized spacial score (nSPS) is 15.1. The summed E-state index contributed by atoms with van der Waals surface area (Å²) in [6.07, 6.45) is -10.8. The van der Waals surface area contributed by atoms with E-state index in [0.29, 0.717) is 37.2 Å². The standard InChI is InChI=1S/C17H14F8N6O4S2/c1-2-31-5-3-4-8-6-9(10(7-11(8)31)30-37(33,34)17(23,24)25)26-28-14-29-27-12(36-14)13(32)35-16(21,22)15(18,19)20/h6-7,30H,2-5H2,1H3. The number of hydrogen-bond acceptors (Lipinski definition) is 10. The molecular formula is C17H14F8N6O4S2. The topological polar surface area (TPSA) is 126 Å². The van der Waals surface area contributed by atoms with Crippen LogP contribution in [0.1, 0.15) is 28.7 Å². The quantitative estimate of drug-likeness (QED) is 0.267. The first kappa shape index (κ1) is 28.4. The van der Waals surface area contributed by atoms with Gasteiger partial charge in [0.15, 0.2) is 0 Å². The minimum atomic E-state index is -6.18. The van der Waals surface area contributed by atoms with Crippen LogP contribution in [0.2, 0.25) is 0 Å². The number of carbonyl (C=O) groups is 1. The van der Waals surface area contributed by atoms with Gasteiger partial charge in [0, 0.05) is 18.8 Å². The Kier molecular flexibility index (Phi) is 7.64. The number of halogens is 8. The van der Waals surface area contributed by atoms with E-state index < -0.39 is 55.3 Å². The molecule has 0 spiro atoms. The molecule has 1 aromatic carbocycles. The van der Waals surface area contributed by atoms with Crippen LogP contribution in [0.5, 0.6) is 0 Å². The van der Waals surface area contributed by atoms with Crippen molar-refractivity contribution >= 4 is 49.5 Å². The number of fused-ring (bicyclic) bond motifs is 1. The third-order valence-corrected chi connectivity index (χ3v) is 6.61. The van der Waals surface area contributed by atoms with Gasteiger partial charge < -0.3 is 9.64 Å². The average Bonchev–Trinajstić information content (AvgIpc) is 3.24. The van der Waals surface area contributed by atoms with Crippen molar-refractivity contribution in [2.24, 2.45) is 10.2 Å². The molecule has 1 N–H and O–H groups in total. The maximum atomic E-state index is 13.0. The number of ether oxygens (including phenoxy) is 1. The number of nitrogens with one attached hydrogen (secondary N) is 1. The van der Waals surface area contributed by atoms with Crippen LogP contribution in [0.25, 0.3) is 0 Å². The number of aryl methyl sites for hydroxylation is 1. The van der Waals surface area contributed by atoms with Crippen LogP contribution in [-0.2, 0) is 21.2 Å². The van der Waals surface area contributed by atoms with Gasteiger partial charge in [-0.15, -0.1) is 20.4 Å². The number of aromatic nitrogens is 2. The van der Waals surface area contributed by atoms with Gasteiger partial charge in [-0.3, -0.25) is 4.72 Å². The molecule has 3 rings (SSSR count). The Hall–Kier alpha value is -3.16. The van der Waals surface area contributed by atoms with Crippen LogP contribution < -0.4 is 9.62 Å². The largest absolute Gasteiger partial charge is 0.516 e. The van der Waals surface area contributed by atoms with Crippen molar-refractivity contribution in [1.82, 2.24) is 10.2 Å². The van der Waals surface area contributed by atoms with Crippen LogP contribution in [0.4, 0.5) is 57.3 Å². The second kappa shape index (κ2) is 9.95. The Morgan fingerprint density at radius 1 is 1.14 bits per heavy atom. The molecule has 0 radical (unpaired) electrons. The molecule has 0 aliphatic carbocycles. The number of sulfonamides is 1. The summed E-state index contributed by atoms with van der Waals surface area (Å²) in [4.78, 5) is 13.4. The summed E-state index contributed by atoms with van der Waals surface area (Å²) >= 11 is 0.0829. The highest BCUT2D eigenvalue weighted by molar-refractivity contribution is 7.93. The van der Waals surface area contributed by atoms with Gasteiger partial charge in [0.2, 0.25) is 5.01 Å². The van der Waals surface area contributed by atoms with Gasteiger partial charge in [-0.2, -0.15) is 43.5 Å². The zero-order valence-electron chi connectivity index (χ0n) is 18.2. The van der Waals surface area contributed by atoms with E-state index in [4.69, 9.17) is 0 Å². The molecule has 2 aromatic rings. The molecule has 0 saturated heterocycles. The number of nitrogens with zero attached hydrogens (tertiary/aromatic N) is 5. The van der Waals surface area contributed by atoms with Crippen LogP contribution in [0.3, 0.4) is 0 Å². The van der Waals surface area contributed by atoms with E-state index in [1.165, 1.54) is 10.8 Å². The third kappa shape index (κ3) is 6.22. The fourth-order valence-corrected chi connectivity index (χ4v) is 4.16. The van der Waals surface area contributed by atoms with Gasteiger partial charge in [-0.05, 0) is 37.5 Å². The first-order valence-corrected chi connectivity index (χ1v) is 12.2. The summed E-state index contributed by atoms with van der Waals surface area (Å²) in [5, 5.41) is 11.8. The summed E-state index contributed by atoms with van der Waals surface area (Å²) in [7, 11) is -5.86. The zero-order chi connectivity index (χ0) is 27.8. The maximum Gasteiger partial charge on any atom is 0.516 e. The van der Waals surface area contributed by atoms with Crippen molar-refractivity contribution < 1.29 is 53.1 Å². The lowest BCUT2D eigenvalue weighted by molar-refractivity contribution is -0.370. The Morgan fingerprint density at radius 3 is 2.41 bits per heavy atom.